The first-order valence-corrected chi connectivity index (χ1v) is 8.49. The third-order valence-corrected chi connectivity index (χ3v) is 4.04. The van der Waals surface area contributed by atoms with Gasteiger partial charge in [-0.25, -0.2) is 0 Å². The van der Waals surface area contributed by atoms with E-state index in [1.54, 1.807) is 36.4 Å². The molecule has 2 amide bonds. The van der Waals surface area contributed by atoms with Crippen molar-refractivity contribution in [3.05, 3.63) is 47.0 Å². The Morgan fingerprint density at radius 1 is 1.00 bits per heavy atom. The molecular weight excluding hydrogens is 372 g/mol. The summed E-state index contributed by atoms with van der Waals surface area (Å²) in [5.74, 6) is 0.565. The molecule has 0 radical (unpaired) electrons. The van der Waals surface area contributed by atoms with E-state index in [-0.39, 0.29) is 13.2 Å². The molecule has 144 valence electrons. The molecule has 0 spiro atoms. The Morgan fingerprint density at radius 2 is 1.67 bits per heavy atom. The zero-order valence-electron chi connectivity index (χ0n) is 15.3. The van der Waals surface area contributed by atoms with Gasteiger partial charge in [-0.15, -0.1) is 0 Å². The van der Waals surface area contributed by atoms with Crippen LogP contribution < -0.4 is 24.8 Å². The first kappa shape index (κ1) is 20.4. The summed E-state index contributed by atoms with van der Waals surface area (Å²) in [6.45, 7) is 1.37. The highest BCUT2D eigenvalue weighted by Gasteiger charge is 2.12. The van der Waals surface area contributed by atoms with E-state index in [0.717, 1.165) is 5.56 Å². The fourth-order valence-electron chi connectivity index (χ4n) is 2.24. The number of aryl methyl sites for hydroxylation is 1. The Morgan fingerprint density at radius 3 is 2.33 bits per heavy atom. The molecule has 2 rings (SSSR count). The maximum absolute atomic E-state index is 12.1. The van der Waals surface area contributed by atoms with Gasteiger partial charge in [0, 0.05) is 11.1 Å². The van der Waals surface area contributed by atoms with Crippen molar-refractivity contribution in [2.24, 2.45) is 0 Å². The lowest BCUT2D eigenvalue weighted by Gasteiger charge is -2.13. The van der Waals surface area contributed by atoms with E-state index in [4.69, 9.17) is 25.8 Å². The van der Waals surface area contributed by atoms with Crippen molar-refractivity contribution in [2.75, 3.05) is 32.7 Å². The molecule has 2 N–H and O–H groups in total. The van der Waals surface area contributed by atoms with E-state index >= 15 is 0 Å². The van der Waals surface area contributed by atoms with E-state index in [1.165, 1.54) is 14.2 Å². The van der Waals surface area contributed by atoms with Crippen LogP contribution in [0.2, 0.25) is 5.02 Å². The number of hydrogen-bond donors (Lipinski definition) is 2. The van der Waals surface area contributed by atoms with Gasteiger partial charge in [0.15, 0.2) is 18.1 Å². The van der Waals surface area contributed by atoms with Crippen molar-refractivity contribution >= 4 is 29.1 Å². The predicted molar refractivity (Wildman–Crippen MR) is 103 cm³/mol. The quantitative estimate of drug-likeness (QED) is 0.721. The Kier molecular flexibility index (Phi) is 7.31. The normalized spacial score (nSPS) is 10.1. The predicted octanol–water partition coefficient (Wildman–Crippen LogP) is 2.80. The van der Waals surface area contributed by atoms with Crippen LogP contribution in [0.3, 0.4) is 0 Å². The van der Waals surface area contributed by atoms with E-state index in [9.17, 15) is 9.59 Å². The summed E-state index contributed by atoms with van der Waals surface area (Å²) in [5.41, 5.74) is 1.27. The van der Waals surface area contributed by atoms with Crippen LogP contribution in [0.25, 0.3) is 0 Å². The van der Waals surface area contributed by atoms with Crippen molar-refractivity contribution in [2.45, 2.75) is 6.92 Å². The van der Waals surface area contributed by atoms with Crippen LogP contribution in [0.15, 0.2) is 36.4 Å². The Balaban J connectivity index is 1.85. The lowest BCUT2D eigenvalue weighted by Crippen LogP contribution is -2.35. The lowest BCUT2D eigenvalue weighted by molar-refractivity contribution is -0.125. The van der Waals surface area contributed by atoms with Crippen LogP contribution in [0.5, 0.6) is 17.2 Å². The molecule has 0 fully saturated rings. The number of carbonyl (C=O) groups excluding carboxylic acids is 2. The first-order chi connectivity index (χ1) is 12.9. The summed E-state index contributed by atoms with van der Waals surface area (Å²) in [5, 5.41) is 5.70. The average molecular weight is 393 g/mol. The van der Waals surface area contributed by atoms with Crippen molar-refractivity contribution in [1.29, 1.82) is 0 Å². The Hall–Kier alpha value is -2.93. The SMILES string of the molecule is COc1cc(Cl)c(C)cc1NC(=O)CNC(=O)COc1ccccc1OC. The number of carbonyl (C=O) groups is 2. The highest BCUT2D eigenvalue weighted by atomic mass is 35.5. The Bertz CT molecular complexity index is 826. The number of nitrogens with one attached hydrogen (secondary N) is 2. The molecule has 0 atom stereocenters. The van der Waals surface area contributed by atoms with Crippen LogP contribution >= 0.6 is 11.6 Å². The van der Waals surface area contributed by atoms with Gasteiger partial charge in [0.25, 0.3) is 5.91 Å². The molecule has 27 heavy (non-hydrogen) atoms. The van der Waals surface area contributed by atoms with Gasteiger partial charge in [-0.3, -0.25) is 9.59 Å². The number of methoxy groups -OCH3 is 2. The summed E-state index contributed by atoms with van der Waals surface area (Å²) in [7, 11) is 2.99. The van der Waals surface area contributed by atoms with E-state index in [0.29, 0.717) is 28.0 Å². The smallest absolute Gasteiger partial charge is 0.258 e. The van der Waals surface area contributed by atoms with Crippen molar-refractivity contribution in [3.63, 3.8) is 0 Å². The number of para-hydroxylation sites is 2. The standard InChI is InChI=1S/C19H21ClN2O5/c1-12-8-14(17(26-3)9-13(12)20)22-18(23)10-21-19(24)11-27-16-7-5-4-6-15(16)25-2/h4-9H,10-11H2,1-3H3,(H,21,24)(H,22,23). The monoisotopic (exact) mass is 392 g/mol. The van der Waals surface area contributed by atoms with Gasteiger partial charge in [-0.1, -0.05) is 23.7 Å². The zero-order chi connectivity index (χ0) is 19.8. The van der Waals surface area contributed by atoms with Crippen LogP contribution in [0.1, 0.15) is 5.56 Å². The molecule has 2 aromatic rings. The van der Waals surface area contributed by atoms with Gasteiger partial charge >= 0.3 is 0 Å². The fraction of sp³-hybridized carbons (Fsp3) is 0.263. The molecule has 0 saturated heterocycles. The number of hydrogen-bond acceptors (Lipinski definition) is 5. The molecule has 7 nitrogen and oxygen atoms in total. The summed E-state index contributed by atoms with van der Waals surface area (Å²) in [6, 6.07) is 10.3. The van der Waals surface area contributed by atoms with Crippen molar-refractivity contribution < 1.29 is 23.8 Å². The molecule has 0 aliphatic heterocycles. The van der Waals surface area contributed by atoms with Crippen LogP contribution in [0, 0.1) is 6.92 Å². The number of halogens is 1. The molecule has 2 aromatic carbocycles. The van der Waals surface area contributed by atoms with E-state index < -0.39 is 11.8 Å². The largest absolute Gasteiger partial charge is 0.495 e. The number of amides is 2. The van der Waals surface area contributed by atoms with Crippen molar-refractivity contribution in [1.82, 2.24) is 5.32 Å². The summed E-state index contributed by atoms with van der Waals surface area (Å²) >= 11 is 6.04. The maximum Gasteiger partial charge on any atom is 0.258 e. The lowest BCUT2D eigenvalue weighted by atomic mass is 10.2. The minimum absolute atomic E-state index is 0.209. The third-order valence-electron chi connectivity index (χ3n) is 3.63. The average Bonchev–Trinajstić information content (AvgIpc) is 2.67. The summed E-state index contributed by atoms with van der Waals surface area (Å²) in [6.07, 6.45) is 0. The minimum atomic E-state index is -0.435. The maximum atomic E-state index is 12.1. The minimum Gasteiger partial charge on any atom is -0.495 e. The summed E-state index contributed by atoms with van der Waals surface area (Å²) < 4.78 is 15.7. The summed E-state index contributed by atoms with van der Waals surface area (Å²) in [4.78, 5) is 24.0. The number of benzene rings is 2. The molecule has 0 aromatic heterocycles. The van der Waals surface area contributed by atoms with E-state index in [1.807, 2.05) is 6.92 Å². The second-order valence-electron chi connectivity index (χ2n) is 5.57. The van der Waals surface area contributed by atoms with Gasteiger partial charge in [-0.05, 0) is 30.7 Å². The third kappa shape index (κ3) is 5.79. The highest BCUT2D eigenvalue weighted by molar-refractivity contribution is 6.31. The molecular formula is C19H21ClN2O5. The number of rotatable bonds is 8. The van der Waals surface area contributed by atoms with Gasteiger partial charge in [0.2, 0.25) is 5.91 Å². The number of anilines is 1. The van der Waals surface area contributed by atoms with Crippen LogP contribution in [-0.4, -0.2) is 39.2 Å². The second kappa shape index (κ2) is 9.68. The molecule has 0 heterocycles. The van der Waals surface area contributed by atoms with Gasteiger partial charge in [-0.2, -0.15) is 0 Å². The first-order valence-electron chi connectivity index (χ1n) is 8.11. The molecule has 0 aliphatic rings. The topological polar surface area (TPSA) is 85.9 Å². The fourth-order valence-corrected chi connectivity index (χ4v) is 2.39. The highest BCUT2D eigenvalue weighted by Crippen LogP contribution is 2.30. The Labute approximate surface area is 162 Å². The van der Waals surface area contributed by atoms with Crippen LogP contribution in [-0.2, 0) is 9.59 Å². The van der Waals surface area contributed by atoms with Crippen LogP contribution in [0.4, 0.5) is 5.69 Å². The molecule has 0 bridgehead atoms. The second-order valence-corrected chi connectivity index (χ2v) is 5.97. The zero-order valence-corrected chi connectivity index (χ0v) is 16.1. The molecule has 8 heteroatoms. The van der Waals surface area contributed by atoms with E-state index in [2.05, 4.69) is 10.6 Å². The van der Waals surface area contributed by atoms with Crippen molar-refractivity contribution in [3.8, 4) is 17.2 Å². The van der Waals surface area contributed by atoms with Gasteiger partial charge < -0.3 is 24.8 Å². The van der Waals surface area contributed by atoms with Gasteiger partial charge in [0.1, 0.15) is 5.75 Å². The molecule has 0 aliphatic carbocycles. The molecule has 0 saturated carbocycles. The number of ether oxygens (including phenoxy) is 3. The van der Waals surface area contributed by atoms with Gasteiger partial charge in [0.05, 0.1) is 26.5 Å². The molecule has 0 unspecified atom stereocenters.